The average molecular weight is 667 g/mol. The van der Waals surface area contributed by atoms with Gasteiger partial charge in [-0.1, -0.05) is 0 Å². The van der Waals surface area contributed by atoms with Crippen LogP contribution < -0.4 is 29.6 Å². The van der Waals surface area contributed by atoms with Crippen molar-refractivity contribution in [2.75, 3.05) is 33.3 Å². The van der Waals surface area contributed by atoms with Crippen LogP contribution in [0.25, 0.3) is 0 Å². The monoisotopic (exact) mass is 666 g/mol. The Morgan fingerprint density at radius 1 is 0.500 bits per heavy atom. The fourth-order valence-electron chi connectivity index (χ4n) is 4.11. The summed E-state index contributed by atoms with van der Waals surface area (Å²) >= 11 is 0. The van der Waals surface area contributed by atoms with Crippen LogP contribution in [-0.2, 0) is 29.6 Å². The lowest BCUT2D eigenvalue weighted by Crippen LogP contribution is -2.18. The van der Waals surface area contributed by atoms with Crippen molar-refractivity contribution in [1.82, 2.24) is 0 Å². The molecule has 0 aliphatic carbocycles. The van der Waals surface area contributed by atoms with Crippen LogP contribution in [0.4, 0.5) is 22.7 Å². The summed E-state index contributed by atoms with van der Waals surface area (Å²) in [7, 11) is -7.72. The lowest BCUT2D eigenvalue weighted by Gasteiger charge is -2.11. The summed E-state index contributed by atoms with van der Waals surface area (Å²) in [6.07, 6.45) is -0.271. The first-order chi connectivity index (χ1) is 22.0. The van der Waals surface area contributed by atoms with Crippen molar-refractivity contribution in [3.63, 3.8) is 0 Å². The summed E-state index contributed by atoms with van der Waals surface area (Å²) in [5.41, 5.74) is 1.47. The predicted molar refractivity (Wildman–Crippen MR) is 176 cm³/mol. The first-order valence-electron chi connectivity index (χ1n) is 14.3. The Hall–Kier alpha value is -5.08. The second kappa shape index (κ2) is 15.3. The van der Waals surface area contributed by atoms with Gasteiger partial charge in [0.2, 0.25) is 11.8 Å². The molecule has 0 aliphatic rings. The van der Waals surface area contributed by atoms with Crippen LogP contribution >= 0.6 is 0 Å². The second-order valence-corrected chi connectivity index (χ2v) is 13.1. The van der Waals surface area contributed by atoms with E-state index in [9.17, 15) is 26.4 Å². The van der Waals surface area contributed by atoms with E-state index in [0.29, 0.717) is 47.5 Å². The molecule has 0 bridgehead atoms. The molecule has 0 heterocycles. The van der Waals surface area contributed by atoms with Crippen molar-refractivity contribution < 1.29 is 35.9 Å². The van der Waals surface area contributed by atoms with Crippen LogP contribution in [0.2, 0.25) is 0 Å². The summed E-state index contributed by atoms with van der Waals surface area (Å²) in [4.78, 5) is 24.8. The Labute approximate surface area is 268 Å². The van der Waals surface area contributed by atoms with Gasteiger partial charge in [-0.05, 0) is 111 Å². The molecule has 4 aromatic rings. The molecule has 0 aromatic heterocycles. The van der Waals surface area contributed by atoms with Crippen molar-refractivity contribution >= 4 is 54.6 Å². The van der Waals surface area contributed by atoms with Crippen molar-refractivity contribution in [1.29, 1.82) is 0 Å². The highest BCUT2D eigenvalue weighted by atomic mass is 32.2. The summed E-state index contributed by atoms with van der Waals surface area (Å²) in [5, 5.41) is 5.26. The van der Waals surface area contributed by atoms with Crippen LogP contribution in [0.5, 0.6) is 11.5 Å². The maximum atomic E-state index is 12.7. The van der Waals surface area contributed by atoms with Crippen LogP contribution in [0.3, 0.4) is 0 Å². The number of amides is 2. The molecule has 46 heavy (non-hydrogen) atoms. The SMILES string of the molecule is CCOc1ccc(NS(=O)(=O)c2ccc(NC(=O)CCC(=O)Nc3ccc(S(=O)(=O)Nc4ccc(OCC)cc4)cc3)cc2)cc1. The molecule has 0 saturated heterocycles. The third-order valence-electron chi connectivity index (χ3n) is 6.31. The molecule has 0 radical (unpaired) electrons. The molecule has 4 rings (SSSR count). The number of sulfonamides is 2. The minimum atomic E-state index is -3.86. The molecule has 4 N–H and O–H groups in total. The average Bonchev–Trinajstić information content (AvgIpc) is 3.02. The molecule has 0 aliphatic heterocycles. The van der Waals surface area contributed by atoms with E-state index in [1.807, 2.05) is 13.8 Å². The maximum Gasteiger partial charge on any atom is 0.261 e. The van der Waals surface area contributed by atoms with Crippen LogP contribution in [0, 0.1) is 0 Å². The van der Waals surface area contributed by atoms with Crippen molar-refractivity contribution in [3.8, 4) is 11.5 Å². The molecule has 14 heteroatoms. The van der Waals surface area contributed by atoms with Gasteiger partial charge in [-0.25, -0.2) is 16.8 Å². The maximum absolute atomic E-state index is 12.7. The van der Waals surface area contributed by atoms with Gasteiger partial charge < -0.3 is 20.1 Å². The van der Waals surface area contributed by atoms with Crippen LogP contribution in [-0.4, -0.2) is 41.9 Å². The molecular formula is C32H34N4O8S2. The quantitative estimate of drug-likeness (QED) is 0.130. The number of ether oxygens (including phenoxy) is 2. The predicted octanol–water partition coefficient (Wildman–Crippen LogP) is 5.44. The standard InChI is InChI=1S/C32H34N4O8S2/c1-3-43-27-13-5-25(6-14-27)35-45(39,40)29-17-9-23(10-18-29)33-31(37)21-22-32(38)34-24-11-19-30(20-12-24)46(41,42)36-26-7-15-28(16-8-26)44-4-2/h5-20,35-36H,3-4,21-22H2,1-2H3,(H,33,37)(H,34,38). The molecule has 2 amide bonds. The van der Waals surface area contributed by atoms with Gasteiger partial charge in [0.1, 0.15) is 11.5 Å². The van der Waals surface area contributed by atoms with Gasteiger partial charge in [-0.3, -0.25) is 19.0 Å². The van der Waals surface area contributed by atoms with Gasteiger partial charge in [0.05, 0.1) is 23.0 Å². The number of hydrogen-bond acceptors (Lipinski definition) is 8. The molecule has 0 saturated carbocycles. The fourth-order valence-corrected chi connectivity index (χ4v) is 6.23. The van der Waals surface area contributed by atoms with E-state index in [2.05, 4.69) is 20.1 Å². The fraction of sp³-hybridized carbons (Fsp3) is 0.188. The molecule has 0 spiro atoms. The Kier molecular flexibility index (Phi) is 11.2. The zero-order valence-corrected chi connectivity index (χ0v) is 26.8. The summed E-state index contributed by atoms with van der Waals surface area (Å²) in [5.74, 6) is 0.361. The Bertz CT molecular complexity index is 1710. The first-order valence-corrected chi connectivity index (χ1v) is 17.3. The minimum Gasteiger partial charge on any atom is -0.494 e. The second-order valence-electron chi connectivity index (χ2n) is 9.77. The summed E-state index contributed by atoms with van der Waals surface area (Å²) in [6, 6.07) is 24.2. The highest BCUT2D eigenvalue weighted by Crippen LogP contribution is 2.23. The zero-order valence-electron chi connectivity index (χ0n) is 25.1. The number of nitrogens with one attached hydrogen (secondary N) is 4. The molecular weight excluding hydrogens is 633 g/mol. The Morgan fingerprint density at radius 3 is 1.11 bits per heavy atom. The van der Waals surface area contributed by atoms with Gasteiger partial charge in [0, 0.05) is 35.6 Å². The Morgan fingerprint density at radius 2 is 0.804 bits per heavy atom. The number of benzene rings is 4. The highest BCUT2D eigenvalue weighted by Gasteiger charge is 2.16. The molecule has 12 nitrogen and oxygen atoms in total. The van der Waals surface area contributed by atoms with E-state index in [1.54, 1.807) is 48.5 Å². The number of carbonyl (C=O) groups is 2. The third kappa shape index (κ3) is 9.71. The van der Waals surface area contributed by atoms with Crippen LogP contribution in [0.1, 0.15) is 26.7 Å². The van der Waals surface area contributed by atoms with Gasteiger partial charge in [0.25, 0.3) is 20.0 Å². The van der Waals surface area contributed by atoms with Crippen molar-refractivity contribution in [2.24, 2.45) is 0 Å². The first kappa shape index (κ1) is 33.8. The van der Waals surface area contributed by atoms with E-state index in [0.717, 1.165) is 0 Å². The molecule has 0 unspecified atom stereocenters. The smallest absolute Gasteiger partial charge is 0.261 e. The van der Waals surface area contributed by atoms with Gasteiger partial charge >= 0.3 is 0 Å². The van der Waals surface area contributed by atoms with Crippen LogP contribution in [0.15, 0.2) is 107 Å². The molecule has 0 atom stereocenters. The number of hydrogen-bond donors (Lipinski definition) is 4. The number of rotatable bonds is 15. The summed E-state index contributed by atoms with van der Waals surface area (Å²) in [6.45, 7) is 4.70. The largest absolute Gasteiger partial charge is 0.494 e. The van der Waals surface area contributed by atoms with Gasteiger partial charge in [-0.2, -0.15) is 0 Å². The summed E-state index contributed by atoms with van der Waals surface area (Å²) < 4.78 is 66.6. The van der Waals surface area contributed by atoms with E-state index in [1.165, 1.54) is 48.5 Å². The number of anilines is 4. The normalized spacial score (nSPS) is 11.3. The van der Waals surface area contributed by atoms with Crippen molar-refractivity contribution in [3.05, 3.63) is 97.1 Å². The zero-order chi connectivity index (χ0) is 33.2. The number of carbonyl (C=O) groups excluding carboxylic acids is 2. The van der Waals surface area contributed by atoms with E-state index in [4.69, 9.17) is 9.47 Å². The topological polar surface area (TPSA) is 169 Å². The van der Waals surface area contributed by atoms with E-state index < -0.39 is 31.9 Å². The van der Waals surface area contributed by atoms with E-state index in [-0.39, 0.29) is 22.6 Å². The minimum absolute atomic E-state index is 0.00419. The molecule has 0 fully saturated rings. The molecule has 4 aromatic carbocycles. The van der Waals surface area contributed by atoms with Crippen molar-refractivity contribution in [2.45, 2.75) is 36.5 Å². The van der Waals surface area contributed by atoms with Gasteiger partial charge in [0.15, 0.2) is 0 Å². The third-order valence-corrected chi connectivity index (χ3v) is 9.11. The lowest BCUT2D eigenvalue weighted by atomic mass is 10.2. The highest BCUT2D eigenvalue weighted by molar-refractivity contribution is 7.93. The Balaban J connectivity index is 1.23. The van der Waals surface area contributed by atoms with Gasteiger partial charge in [-0.15, -0.1) is 0 Å². The lowest BCUT2D eigenvalue weighted by molar-refractivity contribution is -0.121. The molecule has 242 valence electrons. The van der Waals surface area contributed by atoms with E-state index >= 15 is 0 Å².